The Morgan fingerprint density at radius 3 is 2.78 bits per heavy atom. The Labute approximate surface area is 106 Å². The minimum Gasteiger partial charge on any atom is -0.462 e. The molecule has 4 heteroatoms. The third kappa shape index (κ3) is 2.54. The van der Waals surface area contributed by atoms with Crippen LogP contribution in [0.25, 0.3) is 10.9 Å². The highest BCUT2D eigenvalue weighted by molar-refractivity contribution is 5.85. The number of aromatic nitrogens is 1. The first-order valence-corrected chi connectivity index (χ1v) is 6.08. The Hall–Kier alpha value is -1.81. The third-order valence-electron chi connectivity index (χ3n) is 2.76. The molecule has 0 saturated heterocycles. The lowest BCUT2D eigenvalue weighted by atomic mass is 10.2. The van der Waals surface area contributed by atoms with Gasteiger partial charge in [-0.15, -0.1) is 0 Å². The van der Waals surface area contributed by atoms with Gasteiger partial charge < -0.3 is 15.0 Å². The molecule has 2 rings (SSSR count). The van der Waals surface area contributed by atoms with Crippen molar-refractivity contribution in [1.82, 2.24) is 4.57 Å². The molecule has 0 unspecified atom stereocenters. The van der Waals surface area contributed by atoms with Crippen LogP contribution in [0.15, 0.2) is 30.5 Å². The highest BCUT2D eigenvalue weighted by Gasteiger charge is 2.11. The quantitative estimate of drug-likeness (QED) is 0.840. The van der Waals surface area contributed by atoms with E-state index in [1.54, 1.807) is 0 Å². The maximum absolute atomic E-state index is 11.7. The fourth-order valence-corrected chi connectivity index (χ4v) is 2.06. The van der Waals surface area contributed by atoms with Crippen LogP contribution < -0.4 is 5.73 Å². The van der Waals surface area contributed by atoms with Crippen LogP contribution in [0, 0.1) is 0 Å². The van der Waals surface area contributed by atoms with Gasteiger partial charge >= 0.3 is 5.97 Å². The molecule has 0 bridgehead atoms. The van der Waals surface area contributed by atoms with Gasteiger partial charge in [-0.1, -0.05) is 18.2 Å². The zero-order valence-corrected chi connectivity index (χ0v) is 10.7. The number of carbonyl (C=O) groups is 1. The van der Waals surface area contributed by atoms with Gasteiger partial charge in [0.1, 0.15) is 6.54 Å². The van der Waals surface area contributed by atoms with E-state index in [0.717, 1.165) is 16.5 Å². The van der Waals surface area contributed by atoms with Crippen molar-refractivity contribution in [3.05, 3.63) is 36.0 Å². The van der Waals surface area contributed by atoms with Gasteiger partial charge in [0, 0.05) is 23.6 Å². The highest BCUT2D eigenvalue weighted by Crippen LogP contribution is 2.20. The van der Waals surface area contributed by atoms with E-state index in [0.29, 0.717) is 6.54 Å². The number of para-hydroxylation sites is 1. The van der Waals surface area contributed by atoms with Crippen molar-refractivity contribution in [1.29, 1.82) is 0 Å². The van der Waals surface area contributed by atoms with Gasteiger partial charge in [0.2, 0.25) is 0 Å². The highest BCUT2D eigenvalue weighted by atomic mass is 16.5. The maximum Gasteiger partial charge on any atom is 0.326 e. The molecule has 1 aromatic carbocycles. The Morgan fingerprint density at radius 1 is 1.39 bits per heavy atom. The van der Waals surface area contributed by atoms with Crippen LogP contribution >= 0.6 is 0 Å². The molecular weight excluding hydrogens is 228 g/mol. The van der Waals surface area contributed by atoms with Crippen molar-refractivity contribution in [3.63, 3.8) is 0 Å². The van der Waals surface area contributed by atoms with Crippen LogP contribution in [0.3, 0.4) is 0 Å². The fourth-order valence-electron chi connectivity index (χ4n) is 2.06. The van der Waals surface area contributed by atoms with Crippen LogP contribution in [0.4, 0.5) is 0 Å². The van der Waals surface area contributed by atoms with Gasteiger partial charge in [-0.3, -0.25) is 4.79 Å². The van der Waals surface area contributed by atoms with E-state index >= 15 is 0 Å². The van der Waals surface area contributed by atoms with Gasteiger partial charge in [0.25, 0.3) is 0 Å². The number of nitrogens with zero attached hydrogens (tertiary/aromatic N) is 1. The van der Waals surface area contributed by atoms with E-state index in [9.17, 15) is 4.79 Å². The maximum atomic E-state index is 11.7. The molecule has 0 atom stereocenters. The van der Waals surface area contributed by atoms with E-state index in [4.69, 9.17) is 10.5 Å². The molecule has 0 radical (unpaired) electrons. The van der Waals surface area contributed by atoms with Crippen LogP contribution in [-0.4, -0.2) is 16.6 Å². The molecule has 0 spiro atoms. The minimum absolute atomic E-state index is 0.0895. The summed E-state index contributed by atoms with van der Waals surface area (Å²) in [6.07, 6.45) is 1.83. The smallest absolute Gasteiger partial charge is 0.326 e. The van der Waals surface area contributed by atoms with Gasteiger partial charge in [-0.2, -0.15) is 0 Å². The summed E-state index contributed by atoms with van der Waals surface area (Å²) in [5.41, 5.74) is 7.77. The SMILES string of the molecule is CC(C)OC(=O)Cn1cc(CN)c2ccccc21. The van der Waals surface area contributed by atoms with E-state index in [1.807, 2.05) is 48.9 Å². The Bertz CT molecular complexity index is 558. The van der Waals surface area contributed by atoms with E-state index < -0.39 is 0 Å². The Balaban J connectivity index is 2.31. The van der Waals surface area contributed by atoms with Crippen LogP contribution in [-0.2, 0) is 22.6 Å². The van der Waals surface area contributed by atoms with E-state index in [2.05, 4.69) is 0 Å². The first-order valence-electron chi connectivity index (χ1n) is 6.08. The fraction of sp³-hybridized carbons (Fsp3) is 0.357. The summed E-state index contributed by atoms with van der Waals surface area (Å²) in [4.78, 5) is 11.7. The predicted molar refractivity (Wildman–Crippen MR) is 71.1 cm³/mol. The Kier molecular flexibility index (Phi) is 3.67. The number of rotatable bonds is 4. The summed E-state index contributed by atoms with van der Waals surface area (Å²) in [5, 5.41) is 1.09. The summed E-state index contributed by atoms with van der Waals surface area (Å²) in [6, 6.07) is 7.92. The number of benzene rings is 1. The lowest BCUT2D eigenvalue weighted by Crippen LogP contribution is -2.17. The van der Waals surface area contributed by atoms with Gasteiger partial charge in [0.05, 0.1) is 6.10 Å². The molecule has 1 aromatic heterocycles. The molecule has 4 nitrogen and oxygen atoms in total. The van der Waals surface area contributed by atoms with Crippen molar-refractivity contribution < 1.29 is 9.53 Å². The molecule has 0 fully saturated rings. The molecule has 18 heavy (non-hydrogen) atoms. The monoisotopic (exact) mass is 246 g/mol. The molecule has 2 N–H and O–H groups in total. The number of hydrogen-bond acceptors (Lipinski definition) is 3. The van der Waals surface area contributed by atoms with Gasteiger partial charge in [-0.05, 0) is 25.5 Å². The number of esters is 1. The molecule has 2 aromatic rings. The second kappa shape index (κ2) is 5.23. The first-order chi connectivity index (χ1) is 8.61. The van der Waals surface area contributed by atoms with Gasteiger partial charge in [0.15, 0.2) is 0 Å². The number of fused-ring (bicyclic) bond motifs is 1. The lowest BCUT2D eigenvalue weighted by molar-refractivity contribution is -0.148. The molecule has 0 amide bonds. The zero-order chi connectivity index (χ0) is 13.1. The normalized spacial score (nSPS) is 11.1. The minimum atomic E-state index is -0.227. The number of carbonyl (C=O) groups excluding carboxylic acids is 1. The summed E-state index contributed by atoms with van der Waals surface area (Å²) in [6.45, 7) is 4.37. The third-order valence-corrected chi connectivity index (χ3v) is 2.76. The first kappa shape index (κ1) is 12.6. The van der Waals surface area contributed by atoms with E-state index in [-0.39, 0.29) is 18.6 Å². The van der Waals surface area contributed by atoms with Crippen LogP contribution in [0.5, 0.6) is 0 Å². The second-order valence-corrected chi connectivity index (χ2v) is 4.54. The van der Waals surface area contributed by atoms with Crippen LogP contribution in [0.2, 0.25) is 0 Å². The molecule has 96 valence electrons. The standard InChI is InChI=1S/C14H18N2O2/c1-10(2)18-14(17)9-16-8-11(7-15)12-5-3-4-6-13(12)16/h3-6,8,10H,7,9,15H2,1-2H3. The predicted octanol–water partition coefficient (Wildman–Crippen LogP) is 2.05. The number of ether oxygens (including phenoxy) is 1. The largest absolute Gasteiger partial charge is 0.462 e. The van der Waals surface area contributed by atoms with E-state index in [1.165, 1.54) is 0 Å². The number of nitrogens with two attached hydrogens (primary N) is 1. The summed E-state index contributed by atoms with van der Waals surface area (Å²) >= 11 is 0. The van der Waals surface area contributed by atoms with Crippen molar-refractivity contribution in [2.24, 2.45) is 5.73 Å². The Morgan fingerprint density at radius 2 is 2.11 bits per heavy atom. The molecule has 0 aliphatic heterocycles. The zero-order valence-electron chi connectivity index (χ0n) is 10.7. The van der Waals surface area contributed by atoms with Gasteiger partial charge in [-0.25, -0.2) is 0 Å². The van der Waals surface area contributed by atoms with Crippen molar-refractivity contribution >= 4 is 16.9 Å². The van der Waals surface area contributed by atoms with Crippen molar-refractivity contribution in [2.75, 3.05) is 0 Å². The average molecular weight is 246 g/mol. The molecule has 0 aliphatic rings. The average Bonchev–Trinajstić information content (AvgIpc) is 2.67. The summed E-state index contributed by atoms with van der Waals surface area (Å²) in [5.74, 6) is -0.227. The topological polar surface area (TPSA) is 57.2 Å². The van der Waals surface area contributed by atoms with Crippen LogP contribution in [0.1, 0.15) is 19.4 Å². The molecular formula is C14H18N2O2. The summed E-state index contributed by atoms with van der Waals surface area (Å²) in [7, 11) is 0. The van der Waals surface area contributed by atoms with Crippen molar-refractivity contribution in [2.45, 2.75) is 33.0 Å². The molecule has 1 heterocycles. The lowest BCUT2D eigenvalue weighted by Gasteiger charge is -2.09. The van der Waals surface area contributed by atoms with Crippen molar-refractivity contribution in [3.8, 4) is 0 Å². The molecule has 0 saturated carbocycles. The molecule has 0 aliphatic carbocycles. The second-order valence-electron chi connectivity index (χ2n) is 4.54. The number of hydrogen-bond donors (Lipinski definition) is 1. The summed E-state index contributed by atoms with van der Waals surface area (Å²) < 4.78 is 7.05.